The van der Waals surface area contributed by atoms with Gasteiger partial charge in [0.2, 0.25) is 5.91 Å². The third-order valence-electron chi connectivity index (χ3n) is 6.98. The molecule has 2 bridgehead atoms. The summed E-state index contributed by atoms with van der Waals surface area (Å²) >= 11 is 0. The summed E-state index contributed by atoms with van der Waals surface area (Å²) in [6, 6.07) is 7.98. The first kappa shape index (κ1) is 18.7. The summed E-state index contributed by atoms with van der Waals surface area (Å²) in [5, 5.41) is 0. The van der Waals surface area contributed by atoms with Crippen LogP contribution in [0.5, 0.6) is 0 Å². The van der Waals surface area contributed by atoms with Crippen LogP contribution in [0.15, 0.2) is 42.7 Å². The monoisotopic (exact) mass is 397 g/mol. The number of aromatic nitrogens is 1. The van der Waals surface area contributed by atoms with Gasteiger partial charge in [-0.2, -0.15) is 0 Å². The van der Waals surface area contributed by atoms with Crippen LogP contribution < -0.4 is 0 Å². The van der Waals surface area contributed by atoms with E-state index in [0.717, 1.165) is 37.6 Å². The normalized spacial score (nSPS) is 30.4. The molecule has 4 saturated heterocycles. The molecule has 29 heavy (non-hydrogen) atoms. The van der Waals surface area contributed by atoms with E-state index in [2.05, 4.69) is 9.88 Å². The van der Waals surface area contributed by atoms with Crippen LogP contribution in [0.4, 0.5) is 8.78 Å². The molecule has 0 radical (unpaired) electrons. The van der Waals surface area contributed by atoms with Crippen molar-refractivity contribution < 1.29 is 13.6 Å². The van der Waals surface area contributed by atoms with Gasteiger partial charge in [-0.3, -0.25) is 14.7 Å². The van der Waals surface area contributed by atoms with Crippen LogP contribution in [-0.2, 0) is 11.2 Å². The summed E-state index contributed by atoms with van der Waals surface area (Å²) in [7, 11) is 0. The Balaban J connectivity index is 1.41. The molecular formula is C23H25F2N3O. The maximum absolute atomic E-state index is 13.9. The molecule has 4 aliphatic heterocycles. The largest absolute Gasteiger partial charge is 0.337 e. The average Bonchev–Trinajstić information content (AvgIpc) is 3.16. The number of carbonyl (C=O) groups is 1. The highest BCUT2D eigenvalue weighted by atomic mass is 19.1. The second kappa shape index (κ2) is 7.48. The fourth-order valence-corrected chi connectivity index (χ4v) is 5.73. The van der Waals surface area contributed by atoms with E-state index in [1.165, 1.54) is 12.1 Å². The summed E-state index contributed by atoms with van der Waals surface area (Å²) < 4.78 is 27.8. The third-order valence-corrected chi connectivity index (χ3v) is 6.98. The minimum atomic E-state index is -0.547. The van der Waals surface area contributed by atoms with E-state index in [9.17, 15) is 13.6 Å². The number of amides is 1. The molecule has 4 aliphatic rings. The van der Waals surface area contributed by atoms with Gasteiger partial charge in [-0.15, -0.1) is 0 Å². The zero-order chi connectivity index (χ0) is 20.0. The molecule has 4 fully saturated rings. The molecule has 3 atom stereocenters. The highest BCUT2D eigenvalue weighted by Gasteiger charge is 2.54. The summed E-state index contributed by atoms with van der Waals surface area (Å²) in [6.07, 6.45) is 6.81. The molecule has 152 valence electrons. The van der Waals surface area contributed by atoms with Crippen molar-refractivity contribution >= 4 is 5.91 Å². The first-order valence-electron chi connectivity index (χ1n) is 10.5. The van der Waals surface area contributed by atoms with Crippen molar-refractivity contribution in [3.05, 3.63) is 65.5 Å². The molecule has 6 rings (SSSR count). The number of pyridine rings is 1. The topological polar surface area (TPSA) is 36.4 Å². The van der Waals surface area contributed by atoms with Crippen LogP contribution in [0.1, 0.15) is 36.3 Å². The second-order valence-electron chi connectivity index (χ2n) is 8.57. The number of likely N-dealkylation sites (tertiary alicyclic amines) is 1. The lowest BCUT2D eigenvalue weighted by Crippen LogP contribution is -2.60. The van der Waals surface area contributed by atoms with Gasteiger partial charge in [0.25, 0.3) is 0 Å². The zero-order valence-electron chi connectivity index (χ0n) is 16.3. The van der Waals surface area contributed by atoms with E-state index in [1.54, 1.807) is 12.4 Å². The van der Waals surface area contributed by atoms with E-state index in [0.29, 0.717) is 30.9 Å². The number of halogens is 2. The fourth-order valence-electron chi connectivity index (χ4n) is 5.73. The van der Waals surface area contributed by atoms with E-state index in [4.69, 9.17) is 0 Å². The van der Waals surface area contributed by atoms with Crippen molar-refractivity contribution in [3.63, 3.8) is 0 Å². The number of fused-ring (bicyclic) bond motifs is 2. The highest BCUT2D eigenvalue weighted by molar-refractivity contribution is 5.77. The van der Waals surface area contributed by atoms with Crippen molar-refractivity contribution in [1.29, 1.82) is 0 Å². The quantitative estimate of drug-likeness (QED) is 0.794. The first-order chi connectivity index (χ1) is 14.1. The van der Waals surface area contributed by atoms with Crippen molar-refractivity contribution in [2.75, 3.05) is 19.6 Å². The Morgan fingerprint density at radius 2 is 1.86 bits per heavy atom. The Kier molecular flexibility index (Phi) is 4.82. The Labute approximate surface area is 169 Å². The standard InChI is InChI=1S/C23H25F2N3O/c24-18-10-17(11-19(25)12-18)20-14-28(21(29)4-3-15-2-1-7-26-13-15)22-16-5-8-27(9-6-16)23(20)22/h1-2,7,10-13,16,20,22-23H,3-6,8-9,14H2/t20-,22+,23+/m1/s1. The molecule has 5 heterocycles. The Morgan fingerprint density at radius 3 is 2.55 bits per heavy atom. The van der Waals surface area contributed by atoms with Gasteiger partial charge in [0.15, 0.2) is 0 Å². The Bertz CT molecular complexity index is 878. The zero-order valence-corrected chi connectivity index (χ0v) is 16.3. The molecule has 0 spiro atoms. The van der Waals surface area contributed by atoms with Crippen LogP contribution in [0.2, 0.25) is 0 Å². The Hall–Kier alpha value is -2.34. The predicted molar refractivity (Wildman–Crippen MR) is 105 cm³/mol. The number of rotatable bonds is 4. The third kappa shape index (κ3) is 3.44. The van der Waals surface area contributed by atoms with Gasteiger partial charge >= 0.3 is 0 Å². The number of benzene rings is 1. The summed E-state index contributed by atoms with van der Waals surface area (Å²) in [5.41, 5.74) is 1.72. The molecule has 0 saturated carbocycles. The number of hydrogen-bond acceptors (Lipinski definition) is 3. The van der Waals surface area contributed by atoms with Crippen LogP contribution in [0, 0.1) is 17.6 Å². The lowest BCUT2D eigenvalue weighted by Gasteiger charge is -2.51. The molecule has 0 unspecified atom stereocenters. The van der Waals surface area contributed by atoms with Crippen molar-refractivity contribution in [2.24, 2.45) is 5.92 Å². The average molecular weight is 397 g/mol. The molecule has 1 aromatic carbocycles. The number of aryl methyl sites for hydroxylation is 1. The highest BCUT2D eigenvalue weighted by Crippen LogP contribution is 2.46. The van der Waals surface area contributed by atoms with Gasteiger partial charge < -0.3 is 4.90 Å². The lowest BCUT2D eigenvalue weighted by atomic mass is 9.75. The van der Waals surface area contributed by atoms with Crippen LogP contribution in [0.25, 0.3) is 0 Å². The molecule has 1 amide bonds. The smallest absolute Gasteiger partial charge is 0.223 e. The van der Waals surface area contributed by atoms with Crippen LogP contribution >= 0.6 is 0 Å². The fraction of sp³-hybridized carbons (Fsp3) is 0.478. The summed E-state index contributed by atoms with van der Waals surface area (Å²) in [6.45, 7) is 2.56. The minimum absolute atomic E-state index is 0.0457. The number of carbonyl (C=O) groups excluding carboxylic acids is 1. The number of nitrogens with zero attached hydrogens (tertiary/aromatic N) is 3. The molecule has 4 nitrogen and oxygen atoms in total. The van der Waals surface area contributed by atoms with E-state index < -0.39 is 11.6 Å². The van der Waals surface area contributed by atoms with Gasteiger partial charge in [0, 0.05) is 43.4 Å². The van der Waals surface area contributed by atoms with Crippen molar-refractivity contribution in [1.82, 2.24) is 14.8 Å². The molecule has 0 aliphatic carbocycles. The first-order valence-corrected chi connectivity index (χ1v) is 10.5. The number of hydrogen-bond donors (Lipinski definition) is 0. The van der Waals surface area contributed by atoms with Crippen molar-refractivity contribution in [3.8, 4) is 0 Å². The van der Waals surface area contributed by atoms with Gasteiger partial charge in [-0.05, 0) is 67.6 Å². The van der Waals surface area contributed by atoms with Crippen LogP contribution in [0.3, 0.4) is 0 Å². The minimum Gasteiger partial charge on any atom is -0.337 e. The molecule has 1 aromatic heterocycles. The van der Waals surface area contributed by atoms with Gasteiger partial charge in [-0.1, -0.05) is 6.07 Å². The van der Waals surface area contributed by atoms with Crippen LogP contribution in [-0.4, -0.2) is 52.4 Å². The van der Waals surface area contributed by atoms with E-state index >= 15 is 0 Å². The maximum Gasteiger partial charge on any atom is 0.223 e. The lowest BCUT2D eigenvalue weighted by molar-refractivity contribution is -0.135. The van der Waals surface area contributed by atoms with E-state index in [1.807, 2.05) is 17.0 Å². The van der Waals surface area contributed by atoms with Gasteiger partial charge in [-0.25, -0.2) is 8.78 Å². The Morgan fingerprint density at radius 1 is 1.10 bits per heavy atom. The SMILES string of the molecule is O=C(CCc1cccnc1)N1C[C@H](c2cc(F)cc(F)c2)[C@H]2[C@@H]1C1CCN2CC1. The maximum atomic E-state index is 13.9. The summed E-state index contributed by atoms with van der Waals surface area (Å²) in [5.74, 6) is -0.522. The van der Waals surface area contributed by atoms with E-state index in [-0.39, 0.29) is 23.9 Å². The molecule has 0 N–H and O–H groups in total. The van der Waals surface area contributed by atoms with Gasteiger partial charge in [0.05, 0.1) is 6.04 Å². The van der Waals surface area contributed by atoms with Gasteiger partial charge in [0.1, 0.15) is 11.6 Å². The predicted octanol–water partition coefficient (Wildman–Crippen LogP) is 3.38. The molecular weight excluding hydrogens is 372 g/mol. The second-order valence-corrected chi connectivity index (χ2v) is 8.57. The summed E-state index contributed by atoms with van der Waals surface area (Å²) in [4.78, 5) is 21.8. The molecule has 2 aromatic rings. The number of piperidine rings is 3. The van der Waals surface area contributed by atoms with Crippen molar-refractivity contribution in [2.45, 2.75) is 43.7 Å². The molecule has 6 heteroatoms.